The molecule has 0 spiro atoms. The van der Waals surface area contributed by atoms with Gasteiger partial charge in [0.1, 0.15) is 0 Å². The number of hydrogen-bond donors (Lipinski definition) is 1. The minimum absolute atomic E-state index is 0.0427. The predicted molar refractivity (Wildman–Crippen MR) is 97.7 cm³/mol. The minimum Gasteiger partial charge on any atom is -0.481 e. The molecule has 1 saturated heterocycles. The van der Waals surface area contributed by atoms with Crippen LogP contribution >= 0.6 is 0 Å². The summed E-state index contributed by atoms with van der Waals surface area (Å²) in [6.07, 6.45) is 2.92. The normalized spacial score (nSPS) is 15.8. The van der Waals surface area contributed by atoms with Crippen LogP contribution in [-0.2, 0) is 9.59 Å². The van der Waals surface area contributed by atoms with Crippen LogP contribution in [0.1, 0.15) is 24.0 Å². The second-order valence-electron chi connectivity index (χ2n) is 6.24. The summed E-state index contributed by atoms with van der Waals surface area (Å²) < 4.78 is 0. The molecule has 0 saturated carbocycles. The molecule has 1 amide bonds. The average Bonchev–Trinajstić information content (AvgIpc) is 2.67. The SMILES string of the molecule is O=C(O)C1CCN(C(=O)/C(=C/c2ccccc2)c2ccccc2)CC1. The first-order chi connectivity index (χ1) is 12.1. The van der Waals surface area contributed by atoms with Crippen molar-refractivity contribution in [3.63, 3.8) is 0 Å². The Balaban J connectivity index is 1.86. The molecule has 128 valence electrons. The van der Waals surface area contributed by atoms with E-state index in [1.807, 2.05) is 66.7 Å². The Morgan fingerprint density at radius 3 is 2.04 bits per heavy atom. The average molecular weight is 335 g/mol. The third-order valence-electron chi connectivity index (χ3n) is 4.56. The Labute approximate surface area is 147 Å². The molecule has 0 bridgehead atoms. The maximum absolute atomic E-state index is 13.1. The van der Waals surface area contributed by atoms with Crippen LogP contribution < -0.4 is 0 Å². The molecule has 1 aliphatic heterocycles. The van der Waals surface area contributed by atoms with Crippen molar-refractivity contribution in [2.45, 2.75) is 12.8 Å². The molecule has 0 aromatic heterocycles. The molecule has 4 nitrogen and oxygen atoms in total. The molecule has 3 rings (SSSR count). The lowest BCUT2D eigenvalue weighted by Gasteiger charge is -2.31. The monoisotopic (exact) mass is 335 g/mol. The Morgan fingerprint density at radius 1 is 0.920 bits per heavy atom. The fraction of sp³-hybridized carbons (Fsp3) is 0.238. The zero-order valence-corrected chi connectivity index (χ0v) is 14.0. The van der Waals surface area contributed by atoms with Crippen LogP contribution in [0.5, 0.6) is 0 Å². The van der Waals surface area contributed by atoms with Gasteiger partial charge >= 0.3 is 5.97 Å². The second-order valence-corrected chi connectivity index (χ2v) is 6.24. The number of rotatable bonds is 4. The first-order valence-corrected chi connectivity index (χ1v) is 8.49. The molecule has 0 radical (unpaired) electrons. The van der Waals surface area contributed by atoms with Gasteiger partial charge in [-0.1, -0.05) is 60.7 Å². The maximum Gasteiger partial charge on any atom is 0.306 e. The zero-order valence-electron chi connectivity index (χ0n) is 14.0. The highest BCUT2D eigenvalue weighted by Crippen LogP contribution is 2.24. The number of carboxylic acid groups (broad SMARTS) is 1. The number of nitrogens with zero attached hydrogens (tertiary/aromatic N) is 1. The van der Waals surface area contributed by atoms with Gasteiger partial charge in [0.15, 0.2) is 0 Å². The van der Waals surface area contributed by atoms with E-state index in [1.165, 1.54) is 0 Å². The fourth-order valence-electron chi connectivity index (χ4n) is 3.10. The number of amides is 1. The largest absolute Gasteiger partial charge is 0.481 e. The highest BCUT2D eigenvalue weighted by Gasteiger charge is 2.28. The Morgan fingerprint density at radius 2 is 1.48 bits per heavy atom. The van der Waals surface area contributed by atoms with Gasteiger partial charge in [-0.3, -0.25) is 9.59 Å². The van der Waals surface area contributed by atoms with Crippen LogP contribution in [0.15, 0.2) is 60.7 Å². The number of carbonyl (C=O) groups is 2. The van der Waals surface area contributed by atoms with Gasteiger partial charge in [-0.15, -0.1) is 0 Å². The Bertz CT molecular complexity index is 760. The van der Waals surface area contributed by atoms with Crippen LogP contribution in [0.2, 0.25) is 0 Å². The van der Waals surface area contributed by atoms with Crippen LogP contribution in [0, 0.1) is 5.92 Å². The Hall–Kier alpha value is -2.88. The topological polar surface area (TPSA) is 57.6 Å². The minimum atomic E-state index is -0.768. The van der Waals surface area contributed by atoms with Gasteiger partial charge in [0.25, 0.3) is 5.91 Å². The molecule has 2 aromatic carbocycles. The zero-order chi connectivity index (χ0) is 17.6. The van der Waals surface area contributed by atoms with E-state index in [-0.39, 0.29) is 11.8 Å². The molecule has 1 N–H and O–H groups in total. The van der Waals surface area contributed by atoms with Gasteiger partial charge in [-0.2, -0.15) is 0 Å². The van der Waals surface area contributed by atoms with Crippen molar-refractivity contribution < 1.29 is 14.7 Å². The van der Waals surface area contributed by atoms with E-state index in [1.54, 1.807) is 4.90 Å². The summed E-state index contributed by atoms with van der Waals surface area (Å²) in [7, 11) is 0. The molecule has 1 aliphatic rings. The van der Waals surface area contributed by atoms with Crippen LogP contribution in [-0.4, -0.2) is 35.0 Å². The van der Waals surface area contributed by atoms with Gasteiger partial charge in [-0.05, 0) is 30.0 Å². The lowest BCUT2D eigenvalue weighted by Crippen LogP contribution is -2.40. The van der Waals surface area contributed by atoms with Gasteiger partial charge < -0.3 is 10.0 Å². The van der Waals surface area contributed by atoms with E-state index in [0.717, 1.165) is 11.1 Å². The van der Waals surface area contributed by atoms with Gasteiger partial charge in [0, 0.05) is 18.7 Å². The molecule has 1 heterocycles. The molecular weight excluding hydrogens is 314 g/mol. The van der Waals surface area contributed by atoms with Crippen molar-refractivity contribution in [3.8, 4) is 0 Å². The highest BCUT2D eigenvalue weighted by atomic mass is 16.4. The third-order valence-corrected chi connectivity index (χ3v) is 4.56. The number of hydrogen-bond acceptors (Lipinski definition) is 2. The Kier molecular flexibility index (Phi) is 5.29. The number of aliphatic carboxylic acids is 1. The van der Waals surface area contributed by atoms with E-state index in [0.29, 0.717) is 31.5 Å². The van der Waals surface area contributed by atoms with Gasteiger partial charge in [0.2, 0.25) is 0 Å². The first kappa shape index (κ1) is 17.0. The van der Waals surface area contributed by atoms with E-state index in [9.17, 15) is 9.59 Å². The number of likely N-dealkylation sites (tertiary alicyclic amines) is 1. The molecular formula is C21H21NO3. The lowest BCUT2D eigenvalue weighted by atomic mass is 9.95. The van der Waals surface area contributed by atoms with Crippen molar-refractivity contribution in [2.75, 3.05) is 13.1 Å². The molecule has 25 heavy (non-hydrogen) atoms. The molecule has 2 aromatic rings. The maximum atomic E-state index is 13.1. The van der Waals surface area contributed by atoms with Crippen molar-refractivity contribution in [2.24, 2.45) is 5.92 Å². The lowest BCUT2D eigenvalue weighted by molar-refractivity contribution is -0.144. The summed E-state index contributed by atoms with van der Waals surface area (Å²) in [5.41, 5.74) is 2.48. The van der Waals surface area contributed by atoms with Crippen molar-refractivity contribution in [1.29, 1.82) is 0 Å². The standard InChI is InChI=1S/C21H21NO3/c23-20(22-13-11-18(12-14-22)21(24)25)19(17-9-5-2-6-10-17)15-16-7-3-1-4-8-16/h1-10,15,18H,11-14H2,(H,24,25)/b19-15+. The van der Waals surface area contributed by atoms with E-state index >= 15 is 0 Å². The van der Waals surface area contributed by atoms with E-state index in [4.69, 9.17) is 5.11 Å². The molecule has 0 unspecified atom stereocenters. The molecule has 1 fully saturated rings. The van der Waals surface area contributed by atoms with Crippen LogP contribution in [0.25, 0.3) is 11.6 Å². The predicted octanol–water partition coefficient (Wildman–Crippen LogP) is 3.55. The number of carbonyl (C=O) groups excluding carboxylic acids is 1. The van der Waals surface area contributed by atoms with E-state index < -0.39 is 5.97 Å². The summed E-state index contributed by atoms with van der Waals surface area (Å²) >= 11 is 0. The summed E-state index contributed by atoms with van der Waals surface area (Å²) in [5.74, 6) is -1.16. The van der Waals surface area contributed by atoms with Crippen LogP contribution in [0.4, 0.5) is 0 Å². The number of piperidine rings is 1. The quantitative estimate of drug-likeness (QED) is 0.687. The van der Waals surface area contributed by atoms with E-state index in [2.05, 4.69) is 0 Å². The van der Waals surface area contributed by atoms with Crippen LogP contribution in [0.3, 0.4) is 0 Å². The summed E-state index contributed by atoms with van der Waals surface area (Å²) in [6, 6.07) is 19.4. The third kappa shape index (κ3) is 4.15. The summed E-state index contributed by atoms with van der Waals surface area (Å²) in [4.78, 5) is 26.0. The molecule has 0 aliphatic carbocycles. The second kappa shape index (κ2) is 7.79. The molecule has 0 atom stereocenters. The summed E-state index contributed by atoms with van der Waals surface area (Å²) in [6.45, 7) is 0.962. The summed E-state index contributed by atoms with van der Waals surface area (Å²) in [5, 5.41) is 9.13. The van der Waals surface area contributed by atoms with Crippen molar-refractivity contribution >= 4 is 23.5 Å². The first-order valence-electron chi connectivity index (χ1n) is 8.49. The number of benzene rings is 2. The molecule has 4 heteroatoms. The number of carboxylic acids is 1. The smallest absolute Gasteiger partial charge is 0.306 e. The van der Waals surface area contributed by atoms with Crippen molar-refractivity contribution in [3.05, 3.63) is 71.8 Å². The fourth-order valence-corrected chi connectivity index (χ4v) is 3.10. The van der Waals surface area contributed by atoms with Gasteiger partial charge in [-0.25, -0.2) is 0 Å². The van der Waals surface area contributed by atoms with Crippen molar-refractivity contribution in [1.82, 2.24) is 4.90 Å². The van der Waals surface area contributed by atoms with Gasteiger partial charge in [0.05, 0.1) is 5.92 Å². The highest BCUT2D eigenvalue weighted by molar-refractivity contribution is 6.24.